The number of carbonyl (C=O) groups is 4. The molecule has 0 aromatic heterocycles. The summed E-state index contributed by atoms with van der Waals surface area (Å²) >= 11 is 0. The maximum Gasteiger partial charge on any atom is 0.255 e. The van der Waals surface area contributed by atoms with Gasteiger partial charge in [-0.3, -0.25) is 24.1 Å². The number of amides is 4. The highest BCUT2D eigenvalue weighted by Gasteiger charge is 2.28. The Morgan fingerprint density at radius 3 is 2.39 bits per heavy atom. The van der Waals surface area contributed by atoms with Gasteiger partial charge in [0, 0.05) is 36.4 Å². The fourth-order valence-corrected chi connectivity index (χ4v) is 3.62. The molecule has 2 N–H and O–H groups in total. The molecule has 160 valence electrons. The summed E-state index contributed by atoms with van der Waals surface area (Å²) in [5.74, 6) is -0.839. The fraction of sp³-hybridized carbons (Fsp3) is 0.304. The van der Waals surface area contributed by atoms with Crippen molar-refractivity contribution < 1.29 is 23.9 Å². The van der Waals surface area contributed by atoms with Crippen LogP contribution in [0.25, 0.3) is 0 Å². The lowest BCUT2D eigenvalue weighted by Crippen LogP contribution is -2.28. The maximum atomic E-state index is 12.6. The molecule has 2 saturated heterocycles. The van der Waals surface area contributed by atoms with Crippen molar-refractivity contribution in [2.45, 2.75) is 38.3 Å². The molecular weight excluding hydrogens is 398 g/mol. The van der Waals surface area contributed by atoms with E-state index < -0.39 is 6.10 Å². The van der Waals surface area contributed by atoms with E-state index >= 15 is 0 Å². The number of benzene rings is 2. The molecule has 2 heterocycles. The van der Waals surface area contributed by atoms with Gasteiger partial charge in [0.15, 0.2) is 0 Å². The van der Waals surface area contributed by atoms with Crippen LogP contribution in [0.2, 0.25) is 0 Å². The zero-order valence-corrected chi connectivity index (χ0v) is 16.9. The van der Waals surface area contributed by atoms with E-state index in [0.29, 0.717) is 30.0 Å². The molecular formula is C23H23N3O5. The van der Waals surface area contributed by atoms with E-state index in [-0.39, 0.29) is 43.0 Å². The van der Waals surface area contributed by atoms with Gasteiger partial charge in [0.1, 0.15) is 6.10 Å². The average molecular weight is 421 g/mol. The van der Waals surface area contributed by atoms with E-state index in [1.807, 2.05) is 0 Å². The Bertz CT molecular complexity index is 996. The quantitative estimate of drug-likeness (QED) is 0.698. The van der Waals surface area contributed by atoms with Gasteiger partial charge in [0.25, 0.3) is 11.8 Å². The third kappa shape index (κ3) is 4.97. The number of rotatable bonds is 6. The molecule has 2 aromatic carbocycles. The van der Waals surface area contributed by atoms with Gasteiger partial charge < -0.3 is 15.4 Å². The van der Waals surface area contributed by atoms with Crippen LogP contribution in [0.3, 0.4) is 0 Å². The molecule has 4 rings (SSSR count). The Hall–Kier alpha value is -3.52. The second-order valence-corrected chi connectivity index (χ2v) is 7.60. The molecule has 4 amide bonds. The number of anilines is 2. The summed E-state index contributed by atoms with van der Waals surface area (Å²) in [5.41, 5.74) is 2.33. The highest BCUT2D eigenvalue weighted by Crippen LogP contribution is 2.19. The van der Waals surface area contributed by atoms with E-state index in [9.17, 15) is 19.2 Å². The predicted molar refractivity (Wildman–Crippen MR) is 113 cm³/mol. The van der Waals surface area contributed by atoms with Gasteiger partial charge in [-0.1, -0.05) is 18.2 Å². The molecule has 8 heteroatoms. The largest absolute Gasteiger partial charge is 0.368 e. The lowest BCUT2D eigenvalue weighted by molar-refractivity contribution is -0.139. The van der Waals surface area contributed by atoms with Gasteiger partial charge in [-0.15, -0.1) is 0 Å². The summed E-state index contributed by atoms with van der Waals surface area (Å²) in [6, 6.07) is 13.7. The van der Waals surface area contributed by atoms with Crippen molar-refractivity contribution >= 4 is 35.0 Å². The number of hydrogen-bond donors (Lipinski definition) is 2. The Balaban J connectivity index is 1.36. The summed E-state index contributed by atoms with van der Waals surface area (Å²) < 4.78 is 5.38. The first kappa shape index (κ1) is 20.7. The van der Waals surface area contributed by atoms with E-state index in [2.05, 4.69) is 10.6 Å². The van der Waals surface area contributed by atoms with Gasteiger partial charge in [0.2, 0.25) is 11.8 Å². The van der Waals surface area contributed by atoms with E-state index in [4.69, 9.17) is 4.74 Å². The van der Waals surface area contributed by atoms with Crippen LogP contribution in [0.4, 0.5) is 11.4 Å². The minimum Gasteiger partial charge on any atom is -0.368 e. The van der Waals surface area contributed by atoms with Gasteiger partial charge in [0.05, 0.1) is 6.54 Å². The highest BCUT2D eigenvalue weighted by atomic mass is 16.5. The summed E-state index contributed by atoms with van der Waals surface area (Å²) in [7, 11) is 0. The van der Waals surface area contributed by atoms with Crippen molar-refractivity contribution in [3.05, 3.63) is 59.7 Å². The first-order chi connectivity index (χ1) is 15.0. The minimum atomic E-state index is -0.442. The molecule has 2 fully saturated rings. The number of nitrogens with zero attached hydrogens (tertiary/aromatic N) is 1. The molecule has 0 radical (unpaired) electrons. The minimum absolute atomic E-state index is 0.158. The smallest absolute Gasteiger partial charge is 0.255 e. The van der Waals surface area contributed by atoms with Crippen LogP contribution >= 0.6 is 0 Å². The summed E-state index contributed by atoms with van der Waals surface area (Å²) in [6.45, 7) is 0.822. The second-order valence-electron chi connectivity index (χ2n) is 7.60. The standard InChI is InChI=1S/C23H23N3O5/c27-20-10-11-21(28)26(20)14-15-6-8-17(9-7-15)24-22(29)16-3-1-4-18(13-16)25-23(30)19-5-2-12-31-19/h1,3-4,6-9,13,19H,2,5,10-12,14H2,(H,24,29)(H,25,30). The fourth-order valence-electron chi connectivity index (χ4n) is 3.62. The van der Waals surface area contributed by atoms with Crippen molar-refractivity contribution in [2.24, 2.45) is 0 Å². The predicted octanol–water partition coefficient (Wildman–Crippen LogP) is 2.71. The molecule has 0 spiro atoms. The molecule has 31 heavy (non-hydrogen) atoms. The number of ether oxygens (including phenoxy) is 1. The SMILES string of the molecule is O=C(Nc1ccc(CN2C(=O)CCC2=O)cc1)c1cccc(NC(=O)C2CCCO2)c1. The number of imide groups is 1. The molecule has 2 aliphatic rings. The van der Waals surface area contributed by atoms with Gasteiger partial charge in [-0.25, -0.2) is 0 Å². The topological polar surface area (TPSA) is 105 Å². The third-order valence-electron chi connectivity index (χ3n) is 5.32. The zero-order chi connectivity index (χ0) is 21.8. The number of nitrogens with one attached hydrogen (secondary N) is 2. The lowest BCUT2D eigenvalue weighted by atomic mass is 10.1. The van der Waals surface area contributed by atoms with Crippen LogP contribution in [0.1, 0.15) is 41.6 Å². The Morgan fingerprint density at radius 1 is 0.968 bits per heavy atom. The third-order valence-corrected chi connectivity index (χ3v) is 5.32. The van der Waals surface area contributed by atoms with Crippen LogP contribution in [-0.4, -0.2) is 41.2 Å². The van der Waals surface area contributed by atoms with Crippen molar-refractivity contribution in [3.63, 3.8) is 0 Å². The normalized spacial score (nSPS) is 18.3. The van der Waals surface area contributed by atoms with Crippen molar-refractivity contribution in [1.82, 2.24) is 4.90 Å². The maximum absolute atomic E-state index is 12.6. The van der Waals surface area contributed by atoms with Crippen LogP contribution in [0.5, 0.6) is 0 Å². The van der Waals surface area contributed by atoms with E-state index in [1.54, 1.807) is 48.5 Å². The van der Waals surface area contributed by atoms with Crippen molar-refractivity contribution in [1.29, 1.82) is 0 Å². The van der Waals surface area contributed by atoms with E-state index in [0.717, 1.165) is 12.0 Å². The van der Waals surface area contributed by atoms with Crippen LogP contribution in [-0.2, 0) is 25.7 Å². The van der Waals surface area contributed by atoms with Gasteiger partial charge >= 0.3 is 0 Å². The summed E-state index contributed by atoms with van der Waals surface area (Å²) in [6.07, 6.45) is 1.65. The Morgan fingerprint density at radius 2 is 1.71 bits per heavy atom. The molecule has 2 aliphatic heterocycles. The number of likely N-dealkylation sites (tertiary alicyclic amines) is 1. The first-order valence-electron chi connectivity index (χ1n) is 10.3. The van der Waals surface area contributed by atoms with Crippen LogP contribution < -0.4 is 10.6 Å². The van der Waals surface area contributed by atoms with Crippen LogP contribution in [0, 0.1) is 0 Å². The second kappa shape index (κ2) is 9.09. The molecule has 0 bridgehead atoms. The molecule has 8 nitrogen and oxygen atoms in total. The number of hydrogen-bond acceptors (Lipinski definition) is 5. The summed E-state index contributed by atoms with van der Waals surface area (Å²) in [5, 5.41) is 5.60. The lowest BCUT2D eigenvalue weighted by Gasteiger charge is -2.14. The van der Waals surface area contributed by atoms with Crippen molar-refractivity contribution in [2.75, 3.05) is 17.2 Å². The molecule has 0 aliphatic carbocycles. The molecule has 1 unspecified atom stereocenters. The first-order valence-corrected chi connectivity index (χ1v) is 10.3. The van der Waals surface area contributed by atoms with Gasteiger partial charge in [-0.2, -0.15) is 0 Å². The summed E-state index contributed by atoms with van der Waals surface area (Å²) in [4.78, 5) is 49.6. The molecule has 1 atom stereocenters. The van der Waals surface area contributed by atoms with Crippen molar-refractivity contribution in [3.8, 4) is 0 Å². The molecule has 2 aromatic rings. The Labute approximate surface area is 179 Å². The average Bonchev–Trinajstić information content (AvgIpc) is 3.41. The van der Waals surface area contributed by atoms with Gasteiger partial charge in [-0.05, 0) is 48.7 Å². The zero-order valence-electron chi connectivity index (χ0n) is 16.9. The number of carbonyl (C=O) groups excluding carboxylic acids is 4. The van der Waals surface area contributed by atoms with Crippen LogP contribution in [0.15, 0.2) is 48.5 Å². The Kier molecular flexibility index (Phi) is 6.08. The molecule has 0 saturated carbocycles. The monoisotopic (exact) mass is 421 g/mol. The van der Waals surface area contributed by atoms with E-state index in [1.165, 1.54) is 4.90 Å². The highest BCUT2D eigenvalue weighted by molar-refractivity contribution is 6.05.